The van der Waals surface area contributed by atoms with E-state index in [0.29, 0.717) is 19.5 Å². The fourth-order valence-corrected chi connectivity index (χ4v) is 5.22. The monoisotopic (exact) mass is 533 g/mol. The second-order valence-electron chi connectivity index (χ2n) is 11.4. The summed E-state index contributed by atoms with van der Waals surface area (Å²) >= 11 is 0. The van der Waals surface area contributed by atoms with Gasteiger partial charge in [-0.25, -0.2) is 9.59 Å². The molecule has 8 nitrogen and oxygen atoms in total. The molecule has 2 heterocycles. The van der Waals surface area contributed by atoms with E-state index in [1.54, 1.807) is 16.7 Å². The number of benzene rings is 2. The number of anilines is 1. The molecule has 3 atom stereocenters. The third kappa shape index (κ3) is 6.61. The number of hydrogen-bond donors (Lipinski definition) is 1. The van der Waals surface area contributed by atoms with Crippen LogP contribution >= 0.6 is 0 Å². The highest BCUT2D eigenvalue weighted by molar-refractivity contribution is 5.94. The number of carbonyl (C=O) groups excluding carboxylic acids is 3. The smallest absolute Gasteiger partial charge is 0.410 e. The summed E-state index contributed by atoms with van der Waals surface area (Å²) in [5.74, 6) is -0.0951. The van der Waals surface area contributed by atoms with Gasteiger partial charge in [-0.1, -0.05) is 49.4 Å². The Bertz CT molecular complexity index is 1250. The minimum Gasteiger partial charge on any atom is -0.445 e. The molecule has 0 aliphatic carbocycles. The van der Waals surface area contributed by atoms with Crippen LogP contribution in [0.15, 0.2) is 54.6 Å². The second-order valence-corrected chi connectivity index (χ2v) is 11.4. The third-order valence-electron chi connectivity index (χ3n) is 7.37. The van der Waals surface area contributed by atoms with Crippen LogP contribution in [-0.2, 0) is 20.9 Å². The van der Waals surface area contributed by atoms with Crippen LogP contribution in [0, 0.1) is 5.92 Å². The Hall–Kier alpha value is -3.81. The van der Waals surface area contributed by atoms with Crippen molar-refractivity contribution in [3.8, 4) is 0 Å². The lowest BCUT2D eigenvalue weighted by atomic mass is 9.81. The average molecular weight is 534 g/mol. The van der Waals surface area contributed by atoms with Crippen LogP contribution in [0.3, 0.4) is 0 Å². The molecule has 4 rings (SSSR count). The van der Waals surface area contributed by atoms with Gasteiger partial charge >= 0.3 is 12.2 Å². The molecule has 8 heteroatoms. The number of carbonyl (C=O) groups is 3. The highest BCUT2D eigenvalue weighted by Gasteiger charge is 2.39. The fraction of sp³-hybridized carbons (Fsp3) is 0.452. The molecule has 39 heavy (non-hydrogen) atoms. The molecule has 0 bridgehead atoms. The molecule has 1 N–H and O–H groups in total. The van der Waals surface area contributed by atoms with Gasteiger partial charge in [0.15, 0.2) is 0 Å². The van der Waals surface area contributed by atoms with Gasteiger partial charge in [-0.3, -0.25) is 4.79 Å². The fourth-order valence-electron chi connectivity index (χ4n) is 5.22. The predicted octanol–water partition coefficient (Wildman–Crippen LogP) is 6.07. The van der Waals surface area contributed by atoms with Crippen molar-refractivity contribution >= 4 is 29.4 Å². The van der Waals surface area contributed by atoms with Crippen LogP contribution in [0.5, 0.6) is 0 Å². The molecule has 2 aromatic carbocycles. The summed E-state index contributed by atoms with van der Waals surface area (Å²) < 4.78 is 11.0. The van der Waals surface area contributed by atoms with Gasteiger partial charge in [0.25, 0.3) is 0 Å². The van der Waals surface area contributed by atoms with Crippen molar-refractivity contribution in [2.75, 3.05) is 18.0 Å². The van der Waals surface area contributed by atoms with Crippen molar-refractivity contribution in [2.45, 2.75) is 72.3 Å². The first kappa shape index (κ1) is 28.2. The maximum atomic E-state index is 12.9. The maximum absolute atomic E-state index is 12.9. The zero-order valence-corrected chi connectivity index (χ0v) is 23.7. The summed E-state index contributed by atoms with van der Waals surface area (Å²) in [5.41, 5.74) is 4.15. The Morgan fingerprint density at radius 2 is 1.77 bits per heavy atom. The van der Waals surface area contributed by atoms with Gasteiger partial charge in [-0.15, -0.1) is 0 Å². The van der Waals surface area contributed by atoms with E-state index in [0.717, 1.165) is 28.0 Å². The lowest BCUT2D eigenvalue weighted by molar-refractivity contribution is -0.117. The number of nitrogens with zero attached hydrogens (tertiary/aromatic N) is 2. The minimum absolute atomic E-state index is 0.0432. The van der Waals surface area contributed by atoms with Crippen molar-refractivity contribution in [1.29, 1.82) is 0 Å². The van der Waals surface area contributed by atoms with Crippen LogP contribution < -0.4 is 10.2 Å². The van der Waals surface area contributed by atoms with Crippen LogP contribution in [0.4, 0.5) is 15.3 Å². The molecule has 0 aromatic heterocycles. The number of alkyl carbamates (subject to hydrolysis) is 1. The first-order valence-electron chi connectivity index (χ1n) is 13.5. The third-order valence-corrected chi connectivity index (χ3v) is 7.37. The molecule has 0 spiro atoms. The van der Waals surface area contributed by atoms with Crippen molar-refractivity contribution < 1.29 is 23.9 Å². The molecule has 0 fully saturated rings. The van der Waals surface area contributed by atoms with Gasteiger partial charge in [-0.05, 0) is 68.5 Å². The topological polar surface area (TPSA) is 88.2 Å². The van der Waals surface area contributed by atoms with Gasteiger partial charge in [0.1, 0.15) is 12.2 Å². The predicted molar refractivity (Wildman–Crippen MR) is 151 cm³/mol. The summed E-state index contributed by atoms with van der Waals surface area (Å²) in [7, 11) is 0. The van der Waals surface area contributed by atoms with E-state index < -0.39 is 11.7 Å². The Morgan fingerprint density at radius 3 is 2.38 bits per heavy atom. The zero-order valence-electron chi connectivity index (χ0n) is 23.7. The molecule has 0 saturated heterocycles. The summed E-state index contributed by atoms with van der Waals surface area (Å²) in [6.45, 7) is 12.4. The van der Waals surface area contributed by atoms with Crippen molar-refractivity contribution in [3.63, 3.8) is 0 Å². The van der Waals surface area contributed by atoms with E-state index in [2.05, 4.69) is 11.4 Å². The highest BCUT2D eigenvalue weighted by Crippen LogP contribution is 2.42. The Morgan fingerprint density at radius 1 is 1.05 bits per heavy atom. The van der Waals surface area contributed by atoms with Crippen molar-refractivity contribution in [3.05, 3.63) is 71.3 Å². The SMILES string of the molecule is CC(=O)N1c2ccc(C3=CCN(C(=O)OC(C)(C)C)CC3)cc2C(NC(=O)OCc2ccccc2)[C@@H](C)[C@@H]1C. The molecule has 2 aliphatic heterocycles. The minimum atomic E-state index is -0.541. The summed E-state index contributed by atoms with van der Waals surface area (Å²) in [6.07, 6.45) is 1.91. The molecular weight excluding hydrogens is 494 g/mol. The number of fused-ring (bicyclic) bond motifs is 1. The molecule has 2 aliphatic rings. The van der Waals surface area contributed by atoms with Gasteiger partial charge in [0.2, 0.25) is 5.91 Å². The number of rotatable bonds is 4. The molecule has 208 valence electrons. The summed E-state index contributed by atoms with van der Waals surface area (Å²) in [5, 5.41) is 3.07. The highest BCUT2D eigenvalue weighted by atomic mass is 16.6. The molecule has 2 aromatic rings. The van der Waals surface area contributed by atoms with Crippen LogP contribution in [0.1, 0.15) is 70.7 Å². The average Bonchev–Trinajstić information content (AvgIpc) is 2.89. The standard InChI is InChI=1S/C31H39N3O5/c1-20-21(2)34(22(3)35)27-13-12-25(24-14-16-33(17-15-24)30(37)39-31(4,5)6)18-26(27)28(20)32-29(36)38-19-23-10-8-7-9-11-23/h7-14,18,20-21,28H,15-17,19H2,1-6H3,(H,32,36)/t20-,21-,28?/m0/s1. The molecular formula is C31H39N3O5. The molecule has 3 amide bonds. The number of ether oxygens (including phenoxy) is 2. The van der Waals surface area contributed by atoms with Crippen LogP contribution in [-0.4, -0.2) is 47.7 Å². The number of nitrogens with one attached hydrogen (secondary N) is 1. The normalized spacial score (nSPS) is 21.0. The molecule has 0 radical (unpaired) electrons. The van der Waals surface area contributed by atoms with Crippen LogP contribution in [0.25, 0.3) is 5.57 Å². The van der Waals surface area contributed by atoms with E-state index in [4.69, 9.17) is 9.47 Å². The lowest BCUT2D eigenvalue weighted by Gasteiger charge is -2.43. The zero-order chi connectivity index (χ0) is 28.3. The first-order chi connectivity index (χ1) is 18.4. The summed E-state index contributed by atoms with van der Waals surface area (Å²) in [6, 6.07) is 15.1. The van der Waals surface area contributed by atoms with Gasteiger partial charge in [0, 0.05) is 37.7 Å². The first-order valence-corrected chi connectivity index (χ1v) is 13.5. The molecule has 0 saturated carbocycles. The van der Waals surface area contributed by atoms with Gasteiger partial charge < -0.3 is 24.6 Å². The van der Waals surface area contributed by atoms with E-state index in [1.165, 1.54) is 0 Å². The van der Waals surface area contributed by atoms with E-state index >= 15 is 0 Å². The Kier molecular flexibility index (Phi) is 8.33. The van der Waals surface area contributed by atoms with E-state index in [1.807, 2.05) is 83.2 Å². The van der Waals surface area contributed by atoms with E-state index in [9.17, 15) is 14.4 Å². The quantitative estimate of drug-likeness (QED) is 0.515. The van der Waals surface area contributed by atoms with Crippen molar-refractivity contribution in [1.82, 2.24) is 10.2 Å². The lowest BCUT2D eigenvalue weighted by Crippen LogP contribution is -2.50. The van der Waals surface area contributed by atoms with Gasteiger partial charge in [0.05, 0.1) is 6.04 Å². The number of amides is 3. The largest absolute Gasteiger partial charge is 0.445 e. The Labute approximate surface area is 231 Å². The molecule has 1 unspecified atom stereocenters. The number of hydrogen-bond acceptors (Lipinski definition) is 5. The Balaban J connectivity index is 1.57. The van der Waals surface area contributed by atoms with E-state index in [-0.39, 0.29) is 36.6 Å². The van der Waals surface area contributed by atoms with Gasteiger partial charge in [-0.2, -0.15) is 0 Å². The maximum Gasteiger partial charge on any atom is 0.410 e. The second kappa shape index (κ2) is 11.5. The summed E-state index contributed by atoms with van der Waals surface area (Å²) in [4.78, 5) is 41.5. The van der Waals surface area contributed by atoms with Crippen LogP contribution in [0.2, 0.25) is 0 Å². The van der Waals surface area contributed by atoms with Crippen molar-refractivity contribution in [2.24, 2.45) is 5.92 Å².